The van der Waals surface area contributed by atoms with E-state index in [0.717, 1.165) is 15.3 Å². The van der Waals surface area contributed by atoms with Crippen molar-refractivity contribution >= 4 is 29.7 Å². The molecule has 0 saturated heterocycles. The topological polar surface area (TPSA) is 0 Å². The molecule has 86 valence electrons. The van der Waals surface area contributed by atoms with Crippen LogP contribution in [-0.2, 0) is 0 Å². The molecule has 17 heavy (non-hydrogen) atoms. The number of thiol groups is 1. The van der Waals surface area contributed by atoms with Crippen LogP contribution in [0.4, 0.5) is 0 Å². The fourth-order valence-electron chi connectivity index (χ4n) is 1.85. The van der Waals surface area contributed by atoms with Gasteiger partial charge in [0.15, 0.2) is 0 Å². The third-order valence-corrected chi connectivity index (χ3v) is 3.85. The van der Waals surface area contributed by atoms with Crippen molar-refractivity contribution in [3.05, 3.63) is 65.7 Å². The Morgan fingerprint density at radius 3 is 2.24 bits per heavy atom. The number of rotatable bonds is 3. The molecule has 0 aliphatic heterocycles. The molecule has 0 amide bonds. The van der Waals surface area contributed by atoms with Gasteiger partial charge in [0, 0.05) is 15.7 Å². The van der Waals surface area contributed by atoms with Crippen molar-refractivity contribution in [2.45, 2.75) is 17.7 Å². The zero-order valence-electron chi connectivity index (χ0n) is 9.63. The van der Waals surface area contributed by atoms with Crippen LogP contribution in [0.2, 0.25) is 0 Å². The van der Waals surface area contributed by atoms with Gasteiger partial charge in [-0.05, 0) is 17.2 Å². The molecule has 0 spiro atoms. The lowest BCUT2D eigenvalue weighted by atomic mass is 9.93. The maximum atomic E-state index is 5.55. The molecule has 0 nitrogen and oxygen atoms in total. The van der Waals surface area contributed by atoms with Crippen LogP contribution in [0.15, 0.2) is 59.5 Å². The van der Waals surface area contributed by atoms with E-state index < -0.39 is 0 Å². The van der Waals surface area contributed by atoms with Gasteiger partial charge in [-0.3, -0.25) is 0 Å². The van der Waals surface area contributed by atoms with Crippen LogP contribution in [0.3, 0.4) is 0 Å². The molecular weight excluding hydrogens is 244 g/mol. The quantitative estimate of drug-likeness (QED) is 0.480. The van der Waals surface area contributed by atoms with Gasteiger partial charge in [0.2, 0.25) is 0 Å². The Hall–Kier alpha value is -1.12. The molecule has 0 bridgehead atoms. The minimum Gasteiger partial charge on any atom is -0.143 e. The van der Waals surface area contributed by atoms with Gasteiger partial charge in [-0.25, -0.2) is 0 Å². The lowest BCUT2D eigenvalue weighted by Gasteiger charge is -2.15. The summed E-state index contributed by atoms with van der Waals surface area (Å²) in [6, 6.07) is 18.2. The second kappa shape index (κ2) is 5.48. The highest BCUT2D eigenvalue weighted by Gasteiger charge is 2.14. The summed E-state index contributed by atoms with van der Waals surface area (Å²) in [7, 11) is 0. The first-order valence-corrected chi connectivity index (χ1v) is 6.43. The van der Waals surface area contributed by atoms with Gasteiger partial charge in [0.05, 0.1) is 0 Å². The Bertz CT molecular complexity index is 517. The van der Waals surface area contributed by atoms with Crippen LogP contribution in [0.5, 0.6) is 0 Å². The van der Waals surface area contributed by atoms with Crippen molar-refractivity contribution < 1.29 is 0 Å². The molecule has 0 fully saturated rings. The normalized spacial score (nSPS) is 12.1. The third-order valence-electron chi connectivity index (χ3n) is 2.85. The zero-order chi connectivity index (χ0) is 12.3. The van der Waals surface area contributed by atoms with E-state index >= 15 is 0 Å². The Labute approximate surface area is 113 Å². The maximum Gasteiger partial charge on any atom is 0.0296 e. The summed E-state index contributed by atoms with van der Waals surface area (Å²) in [5.41, 5.74) is 2.30. The molecule has 0 aromatic heterocycles. The predicted octanol–water partition coefficient (Wildman–Crippen LogP) is 4.50. The Morgan fingerprint density at radius 1 is 1.00 bits per heavy atom. The van der Waals surface area contributed by atoms with E-state index in [4.69, 9.17) is 12.2 Å². The van der Waals surface area contributed by atoms with Crippen molar-refractivity contribution in [3.63, 3.8) is 0 Å². The van der Waals surface area contributed by atoms with Crippen molar-refractivity contribution in [2.24, 2.45) is 0 Å². The van der Waals surface area contributed by atoms with Crippen LogP contribution >= 0.6 is 24.8 Å². The molecular formula is C15H14S2. The fraction of sp³-hybridized carbons (Fsp3) is 0.133. The van der Waals surface area contributed by atoms with Crippen LogP contribution < -0.4 is 0 Å². The van der Waals surface area contributed by atoms with Gasteiger partial charge in [0.25, 0.3) is 0 Å². The monoisotopic (exact) mass is 258 g/mol. The minimum absolute atomic E-state index is 0.209. The molecule has 0 radical (unpaired) electrons. The summed E-state index contributed by atoms with van der Waals surface area (Å²) in [5.74, 6) is 0.209. The second-order valence-corrected chi connectivity index (χ2v) is 4.93. The van der Waals surface area contributed by atoms with Gasteiger partial charge < -0.3 is 0 Å². The zero-order valence-corrected chi connectivity index (χ0v) is 11.3. The summed E-state index contributed by atoms with van der Waals surface area (Å²) < 4.78 is 0. The van der Waals surface area contributed by atoms with Gasteiger partial charge in [-0.2, -0.15) is 0 Å². The lowest BCUT2D eigenvalue weighted by molar-refractivity contribution is 0.998. The lowest BCUT2D eigenvalue weighted by Crippen LogP contribution is -2.08. The summed E-state index contributed by atoms with van der Waals surface area (Å²) >= 11 is 10.0. The van der Waals surface area contributed by atoms with Crippen LogP contribution in [0.25, 0.3) is 0 Å². The Morgan fingerprint density at radius 2 is 1.59 bits per heavy atom. The van der Waals surface area contributed by atoms with Crippen molar-refractivity contribution in [2.75, 3.05) is 0 Å². The number of thiocarbonyl (C=S) groups is 1. The fourth-order valence-corrected chi connectivity index (χ4v) is 2.46. The van der Waals surface area contributed by atoms with E-state index in [2.05, 4.69) is 37.8 Å². The molecule has 0 aliphatic rings. The van der Waals surface area contributed by atoms with E-state index in [1.165, 1.54) is 5.56 Å². The summed E-state index contributed by atoms with van der Waals surface area (Å²) in [4.78, 5) is 1.96. The van der Waals surface area contributed by atoms with Crippen molar-refractivity contribution in [3.8, 4) is 0 Å². The summed E-state index contributed by atoms with van der Waals surface area (Å²) in [6.07, 6.45) is 0. The number of benzene rings is 2. The first-order chi connectivity index (χ1) is 8.20. The highest BCUT2D eigenvalue weighted by atomic mass is 32.1. The molecule has 1 unspecified atom stereocenters. The van der Waals surface area contributed by atoms with Crippen LogP contribution in [-0.4, -0.2) is 4.86 Å². The van der Waals surface area contributed by atoms with E-state index in [1.807, 2.05) is 36.4 Å². The molecule has 0 saturated carbocycles. The molecule has 2 aromatic rings. The van der Waals surface area contributed by atoms with E-state index in [1.54, 1.807) is 0 Å². The van der Waals surface area contributed by atoms with Crippen LogP contribution in [0.1, 0.15) is 24.0 Å². The molecule has 0 N–H and O–H groups in total. The van der Waals surface area contributed by atoms with Crippen molar-refractivity contribution in [1.29, 1.82) is 0 Å². The van der Waals surface area contributed by atoms with E-state index in [9.17, 15) is 0 Å². The van der Waals surface area contributed by atoms with Gasteiger partial charge in [-0.1, -0.05) is 67.7 Å². The van der Waals surface area contributed by atoms with Crippen molar-refractivity contribution in [1.82, 2.24) is 0 Å². The van der Waals surface area contributed by atoms with Gasteiger partial charge in [-0.15, -0.1) is 12.6 Å². The summed E-state index contributed by atoms with van der Waals surface area (Å²) in [5, 5.41) is 0. The highest BCUT2D eigenvalue weighted by molar-refractivity contribution is 7.81. The van der Waals surface area contributed by atoms with Crippen LogP contribution in [0, 0.1) is 0 Å². The molecule has 2 heteroatoms. The molecule has 1 atom stereocenters. The highest BCUT2D eigenvalue weighted by Crippen LogP contribution is 2.26. The smallest absolute Gasteiger partial charge is 0.0296 e. The first kappa shape index (κ1) is 12.3. The minimum atomic E-state index is 0.209. The number of hydrogen-bond donors (Lipinski definition) is 1. The summed E-state index contributed by atoms with van der Waals surface area (Å²) in [6.45, 7) is 2.13. The first-order valence-electron chi connectivity index (χ1n) is 5.57. The van der Waals surface area contributed by atoms with Gasteiger partial charge in [0.1, 0.15) is 0 Å². The predicted molar refractivity (Wildman–Crippen MR) is 80.3 cm³/mol. The number of hydrogen-bond acceptors (Lipinski definition) is 2. The SMILES string of the molecule is CC(C(=S)c1ccccc1)c1ccccc1S. The van der Waals surface area contributed by atoms with E-state index in [-0.39, 0.29) is 5.92 Å². The standard InChI is InChI=1S/C15H14S2/c1-11(13-9-5-6-10-14(13)16)15(17)12-7-3-2-4-8-12/h2-11,16H,1H3. The Balaban J connectivity index is 2.30. The Kier molecular flexibility index (Phi) is 3.97. The largest absolute Gasteiger partial charge is 0.143 e. The van der Waals surface area contributed by atoms with Gasteiger partial charge >= 0.3 is 0 Å². The molecule has 2 aromatic carbocycles. The molecule has 0 heterocycles. The average Bonchev–Trinajstić information content (AvgIpc) is 2.39. The maximum absolute atomic E-state index is 5.55. The molecule has 2 rings (SSSR count). The second-order valence-electron chi connectivity index (χ2n) is 4.01. The van der Waals surface area contributed by atoms with E-state index in [0.29, 0.717) is 0 Å². The molecule has 0 aliphatic carbocycles. The third kappa shape index (κ3) is 2.76. The average molecular weight is 258 g/mol.